The number of ether oxygens (including phenoxy) is 1. The Hall–Kier alpha value is -2.33. The van der Waals surface area contributed by atoms with E-state index in [0.717, 1.165) is 11.1 Å². The van der Waals surface area contributed by atoms with E-state index < -0.39 is 5.97 Å². The van der Waals surface area contributed by atoms with Gasteiger partial charge in [0, 0.05) is 5.69 Å². The number of anilines is 1. The predicted octanol–water partition coefficient (Wildman–Crippen LogP) is 2.12. The van der Waals surface area contributed by atoms with Crippen LogP contribution in [0.3, 0.4) is 0 Å². The van der Waals surface area contributed by atoms with E-state index in [2.05, 4.69) is 0 Å². The third kappa shape index (κ3) is 3.56. The molecule has 0 aliphatic rings. The summed E-state index contributed by atoms with van der Waals surface area (Å²) in [6, 6.07) is 13.9. The maximum atomic E-state index is 11.8. The first kappa shape index (κ1) is 13.1. The van der Waals surface area contributed by atoms with E-state index in [1.54, 1.807) is 36.4 Å². The van der Waals surface area contributed by atoms with Gasteiger partial charge in [-0.25, -0.2) is 4.79 Å². The molecule has 0 heterocycles. The molecule has 0 amide bonds. The first-order valence-electron chi connectivity index (χ1n) is 5.90. The smallest absolute Gasteiger partial charge is 0.338 e. The summed E-state index contributed by atoms with van der Waals surface area (Å²) < 4.78 is 5.19. The fourth-order valence-corrected chi connectivity index (χ4v) is 1.64. The summed E-state index contributed by atoms with van der Waals surface area (Å²) >= 11 is 0. The van der Waals surface area contributed by atoms with Crippen LogP contribution in [0.15, 0.2) is 48.5 Å². The van der Waals surface area contributed by atoms with E-state index in [0.29, 0.717) is 11.3 Å². The molecule has 2 aromatic carbocycles. The normalized spacial score (nSPS) is 10.2. The molecule has 0 fully saturated rings. The molecule has 3 N–H and O–H groups in total. The van der Waals surface area contributed by atoms with Gasteiger partial charge in [-0.15, -0.1) is 0 Å². The highest BCUT2D eigenvalue weighted by atomic mass is 16.5. The molecule has 0 saturated heterocycles. The zero-order valence-corrected chi connectivity index (χ0v) is 10.4. The highest BCUT2D eigenvalue weighted by molar-refractivity contribution is 5.90. The number of rotatable bonds is 4. The van der Waals surface area contributed by atoms with Gasteiger partial charge in [0.1, 0.15) is 6.61 Å². The second-order valence-corrected chi connectivity index (χ2v) is 4.18. The van der Waals surface area contributed by atoms with Crippen molar-refractivity contribution in [3.63, 3.8) is 0 Å². The Morgan fingerprint density at radius 2 is 1.79 bits per heavy atom. The van der Waals surface area contributed by atoms with Crippen LogP contribution in [0.2, 0.25) is 0 Å². The molecule has 0 bridgehead atoms. The minimum absolute atomic E-state index is 0.00333. The van der Waals surface area contributed by atoms with Crippen molar-refractivity contribution in [3.05, 3.63) is 65.2 Å². The second-order valence-electron chi connectivity index (χ2n) is 4.18. The van der Waals surface area contributed by atoms with Gasteiger partial charge >= 0.3 is 5.97 Å². The van der Waals surface area contributed by atoms with Gasteiger partial charge in [0.05, 0.1) is 12.2 Å². The Labute approximate surface area is 111 Å². The lowest BCUT2D eigenvalue weighted by Crippen LogP contribution is -2.05. The molecule has 0 aliphatic heterocycles. The fourth-order valence-electron chi connectivity index (χ4n) is 1.64. The van der Waals surface area contributed by atoms with Crippen LogP contribution >= 0.6 is 0 Å². The second kappa shape index (κ2) is 6.02. The Morgan fingerprint density at radius 3 is 2.42 bits per heavy atom. The van der Waals surface area contributed by atoms with E-state index in [4.69, 9.17) is 15.6 Å². The first-order valence-corrected chi connectivity index (χ1v) is 5.90. The fraction of sp³-hybridized carbons (Fsp3) is 0.133. The molecule has 0 saturated carbocycles. The van der Waals surface area contributed by atoms with Crippen molar-refractivity contribution in [2.24, 2.45) is 0 Å². The topological polar surface area (TPSA) is 72.6 Å². The number of nitrogen functional groups attached to an aromatic ring is 1. The summed E-state index contributed by atoms with van der Waals surface area (Å²) in [5.41, 5.74) is 8.27. The minimum atomic E-state index is -0.404. The zero-order valence-electron chi connectivity index (χ0n) is 10.4. The van der Waals surface area contributed by atoms with Crippen LogP contribution < -0.4 is 5.73 Å². The molecule has 2 rings (SSSR count). The van der Waals surface area contributed by atoms with Gasteiger partial charge < -0.3 is 15.6 Å². The molecule has 0 aromatic heterocycles. The van der Waals surface area contributed by atoms with E-state index in [1.807, 2.05) is 12.1 Å². The van der Waals surface area contributed by atoms with Crippen LogP contribution in [0.25, 0.3) is 0 Å². The van der Waals surface area contributed by atoms with Crippen molar-refractivity contribution in [2.75, 3.05) is 5.73 Å². The molecule has 98 valence electrons. The number of hydrogen-bond donors (Lipinski definition) is 2. The molecule has 0 atom stereocenters. The lowest BCUT2D eigenvalue weighted by atomic mass is 10.1. The summed E-state index contributed by atoms with van der Waals surface area (Å²) in [6.07, 6.45) is 0. The molecular formula is C15H15NO3. The number of carbonyl (C=O) groups is 1. The average molecular weight is 257 g/mol. The van der Waals surface area contributed by atoms with E-state index >= 15 is 0 Å². The van der Waals surface area contributed by atoms with Crippen LogP contribution in [0.1, 0.15) is 21.5 Å². The highest BCUT2D eigenvalue weighted by Crippen LogP contribution is 2.10. The molecule has 4 heteroatoms. The van der Waals surface area contributed by atoms with Crippen molar-refractivity contribution in [1.29, 1.82) is 0 Å². The molecule has 19 heavy (non-hydrogen) atoms. The molecule has 0 aliphatic carbocycles. The summed E-state index contributed by atoms with van der Waals surface area (Å²) in [7, 11) is 0. The number of aliphatic hydroxyl groups is 1. The van der Waals surface area contributed by atoms with Gasteiger partial charge in [-0.2, -0.15) is 0 Å². The molecule has 4 nitrogen and oxygen atoms in total. The van der Waals surface area contributed by atoms with Crippen LogP contribution in [-0.2, 0) is 18.0 Å². The van der Waals surface area contributed by atoms with Crippen molar-refractivity contribution in [1.82, 2.24) is 0 Å². The number of nitrogens with two attached hydrogens (primary N) is 1. The number of carbonyl (C=O) groups excluding carboxylic acids is 1. The third-order valence-electron chi connectivity index (χ3n) is 2.70. The third-order valence-corrected chi connectivity index (χ3v) is 2.70. The largest absolute Gasteiger partial charge is 0.457 e. The SMILES string of the molecule is Nc1cccc(C(=O)OCc2ccc(CO)cc2)c1. The van der Waals surface area contributed by atoms with Gasteiger partial charge in [-0.3, -0.25) is 0 Å². The van der Waals surface area contributed by atoms with Crippen molar-refractivity contribution in [2.45, 2.75) is 13.2 Å². The summed E-state index contributed by atoms with van der Waals surface area (Å²) in [4.78, 5) is 11.8. The van der Waals surface area contributed by atoms with Gasteiger partial charge in [0.2, 0.25) is 0 Å². The quantitative estimate of drug-likeness (QED) is 0.650. The maximum Gasteiger partial charge on any atom is 0.338 e. The Balaban J connectivity index is 1.96. The summed E-state index contributed by atoms with van der Waals surface area (Å²) in [5.74, 6) is -0.404. The van der Waals surface area contributed by atoms with Crippen molar-refractivity contribution >= 4 is 11.7 Å². The van der Waals surface area contributed by atoms with Crippen molar-refractivity contribution < 1.29 is 14.6 Å². The molecule has 2 aromatic rings. The van der Waals surface area contributed by atoms with E-state index in [1.165, 1.54) is 0 Å². The standard InChI is InChI=1S/C15H15NO3/c16-14-3-1-2-13(8-14)15(18)19-10-12-6-4-11(9-17)5-7-12/h1-8,17H,9-10,16H2. The molecular weight excluding hydrogens is 242 g/mol. The lowest BCUT2D eigenvalue weighted by Gasteiger charge is -2.06. The number of aliphatic hydroxyl groups excluding tert-OH is 1. The Morgan fingerprint density at radius 1 is 1.11 bits per heavy atom. The molecule has 0 spiro atoms. The summed E-state index contributed by atoms with van der Waals surface area (Å²) in [5, 5.41) is 8.92. The van der Waals surface area contributed by atoms with Crippen molar-refractivity contribution in [3.8, 4) is 0 Å². The Kier molecular flexibility index (Phi) is 4.15. The van der Waals surface area contributed by atoms with E-state index in [9.17, 15) is 4.79 Å². The highest BCUT2D eigenvalue weighted by Gasteiger charge is 2.07. The monoisotopic (exact) mass is 257 g/mol. The predicted molar refractivity (Wildman–Crippen MR) is 72.3 cm³/mol. The van der Waals surface area contributed by atoms with Crippen LogP contribution in [0.4, 0.5) is 5.69 Å². The first-order chi connectivity index (χ1) is 9.19. The maximum absolute atomic E-state index is 11.8. The lowest BCUT2D eigenvalue weighted by molar-refractivity contribution is 0.0472. The van der Waals surface area contributed by atoms with Crippen LogP contribution in [0, 0.1) is 0 Å². The van der Waals surface area contributed by atoms with E-state index in [-0.39, 0.29) is 13.2 Å². The molecule has 0 radical (unpaired) electrons. The number of hydrogen-bond acceptors (Lipinski definition) is 4. The zero-order chi connectivity index (χ0) is 13.7. The molecule has 0 unspecified atom stereocenters. The summed E-state index contributed by atoms with van der Waals surface area (Å²) in [6.45, 7) is 0.197. The van der Waals surface area contributed by atoms with Gasteiger partial charge in [-0.1, -0.05) is 30.3 Å². The Bertz CT molecular complexity index is 564. The van der Waals surface area contributed by atoms with Gasteiger partial charge in [0.25, 0.3) is 0 Å². The van der Waals surface area contributed by atoms with Gasteiger partial charge in [0.15, 0.2) is 0 Å². The van der Waals surface area contributed by atoms with Crippen LogP contribution in [0.5, 0.6) is 0 Å². The van der Waals surface area contributed by atoms with Crippen LogP contribution in [-0.4, -0.2) is 11.1 Å². The number of benzene rings is 2. The van der Waals surface area contributed by atoms with Gasteiger partial charge in [-0.05, 0) is 29.3 Å². The minimum Gasteiger partial charge on any atom is -0.457 e. The number of esters is 1. The average Bonchev–Trinajstić information content (AvgIpc) is 2.45.